The van der Waals surface area contributed by atoms with E-state index in [0.29, 0.717) is 35.1 Å². The number of carbonyl (C=O) groups is 1. The van der Waals surface area contributed by atoms with Crippen LogP contribution in [0.25, 0.3) is 0 Å². The molecule has 0 aliphatic rings. The molecular weight excluding hydrogens is 526 g/mol. The third kappa shape index (κ3) is 6.62. The van der Waals surface area contributed by atoms with Gasteiger partial charge in [0.2, 0.25) is 0 Å². The fraction of sp³-hybridized carbons (Fsp3) is 0.182. The molecule has 2 heterocycles. The fourth-order valence-electron chi connectivity index (χ4n) is 4.70. The van der Waals surface area contributed by atoms with E-state index in [1.807, 2.05) is 51.2 Å². The van der Waals surface area contributed by atoms with Gasteiger partial charge in [-0.05, 0) is 74.2 Å². The molecule has 0 atom stereocenters. The van der Waals surface area contributed by atoms with Gasteiger partial charge in [-0.3, -0.25) is 4.79 Å². The number of aryl methyl sites for hydroxylation is 4. The number of aromatic nitrogens is 4. The Bertz CT molecular complexity index is 1760. The van der Waals surface area contributed by atoms with E-state index < -0.39 is 0 Å². The molecule has 9 heteroatoms. The van der Waals surface area contributed by atoms with Gasteiger partial charge in [-0.1, -0.05) is 47.2 Å². The highest BCUT2D eigenvalue weighted by molar-refractivity contribution is 5.97. The number of amides is 1. The number of anilines is 2. The van der Waals surface area contributed by atoms with E-state index in [-0.39, 0.29) is 18.0 Å². The first-order chi connectivity index (χ1) is 20.3. The van der Waals surface area contributed by atoms with Gasteiger partial charge >= 0.3 is 0 Å². The zero-order chi connectivity index (χ0) is 29.6. The van der Waals surface area contributed by atoms with Crippen molar-refractivity contribution >= 4 is 17.4 Å². The van der Waals surface area contributed by atoms with Gasteiger partial charge in [0.05, 0.1) is 30.9 Å². The van der Waals surface area contributed by atoms with Crippen molar-refractivity contribution in [2.75, 3.05) is 5.32 Å². The molecule has 0 unspecified atom stereocenters. The molecule has 9 nitrogen and oxygen atoms in total. The van der Waals surface area contributed by atoms with Crippen molar-refractivity contribution in [3.8, 4) is 17.6 Å². The highest BCUT2D eigenvalue weighted by Gasteiger charge is 2.18. The number of hydrogen-bond donors (Lipinski definition) is 2. The maximum absolute atomic E-state index is 13.4. The lowest BCUT2D eigenvalue weighted by molar-refractivity contribution is 0.0947. The smallest absolute Gasteiger partial charge is 0.256 e. The second-order valence-corrected chi connectivity index (χ2v) is 10.2. The Morgan fingerprint density at radius 3 is 2.43 bits per heavy atom. The van der Waals surface area contributed by atoms with Crippen molar-refractivity contribution in [3.05, 3.63) is 124 Å². The summed E-state index contributed by atoms with van der Waals surface area (Å²) in [7, 11) is 0. The molecule has 5 aromatic rings. The van der Waals surface area contributed by atoms with Crippen molar-refractivity contribution in [2.45, 2.75) is 40.8 Å². The van der Waals surface area contributed by atoms with Crippen LogP contribution in [-0.4, -0.2) is 25.9 Å². The van der Waals surface area contributed by atoms with Crippen LogP contribution in [0, 0.1) is 39.0 Å². The Labute approximate surface area is 244 Å². The molecule has 0 aliphatic carbocycles. The zero-order valence-corrected chi connectivity index (χ0v) is 24.0. The molecule has 1 amide bonds. The van der Waals surface area contributed by atoms with Crippen LogP contribution in [0.4, 0.5) is 11.5 Å². The fourth-order valence-corrected chi connectivity index (χ4v) is 4.70. The van der Waals surface area contributed by atoms with E-state index in [1.54, 1.807) is 35.0 Å². The molecule has 2 aromatic heterocycles. The SMILES string of the molecule is Cc1cc(C)c(Oc2cc(Nc3ccc(C#N)cc3)ncc2C(=O)NCc2cn(Cc3ccccc3C)nn2)c(C)c1. The number of rotatable bonds is 9. The third-order valence-electron chi connectivity index (χ3n) is 6.82. The van der Waals surface area contributed by atoms with Crippen LogP contribution in [0.2, 0.25) is 0 Å². The van der Waals surface area contributed by atoms with Gasteiger partial charge in [0, 0.05) is 18.0 Å². The van der Waals surface area contributed by atoms with Crippen LogP contribution < -0.4 is 15.4 Å². The number of carbonyl (C=O) groups excluding carboxylic acids is 1. The largest absolute Gasteiger partial charge is 0.456 e. The molecular formula is C33H31N7O2. The van der Waals surface area contributed by atoms with E-state index in [2.05, 4.69) is 51.1 Å². The Morgan fingerprint density at radius 2 is 1.71 bits per heavy atom. The van der Waals surface area contributed by atoms with Crippen LogP contribution >= 0.6 is 0 Å². The lowest BCUT2D eigenvalue weighted by Crippen LogP contribution is -2.24. The summed E-state index contributed by atoms with van der Waals surface area (Å²) in [4.78, 5) is 17.9. The van der Waals surface area contributed by atoms with Gasteiger partial charge in [-0.15, -0.1) is 5.10 Å². The molecule has 0 saturated heterocycles. The normalized spacial score (nSPS) is 10.6. The number of hydrogen-bond acceptors (Lipinski definition) is 7. The average molecular weight is 558 g/mol. The first kappa shape index (κ1) is 28.1. The first-order valence-electron chi connectivity index (χ1n) is 13.5. The summed E-state index contributed by atoms with van der Waals surface area (Å²) in [5.41, 5.74) is 7.62. The first-order valence-corrected chi connectivity index (χ1v) is 13.5. The van der Waals surface area contributed by atoms with Gasteiger partial charge in [0.15, 0.2) is 0 Å². The monoisotopic (exact) mass is 557 g/mol. The van der Waals surface area contributed by atoms with E-state index in [4.69, 9.17) is 10.00 Å². The van der Waals surface area contributed by atoms with Gasteiger partial charge < -0.3 is 15.4 Å². The molecule has 2 N–H and O–H groups in total. The maximum atomic E-state index is 13.4. The average Bonchev–Trinajstić information content (AvgIpc) is 3.42. The minimum Gasteiger partial charge on any atom is -0.456 e. The standard InChI is InChI=1S/C33H31N7O2/c1-21-13-23(3)32(24(4)14-21)42-30-15-31(37-27-11-9-25(16-34)10-12-27)35-18-29(30)33(41)36-17-28-20-40(39-38-28)19-26-8-6-5-7-22(26)2/h5-15,18,20H,17,19H2,1-4H3,(H,35,37)(H,36,41). The maximum Gasteiger partial charge on any atom is 0.256 e. The van der Waals surface area contributed by atoms with Crippen molar-refractivity contribution in [1.82, 2.24) is 25.3 Å². The lowest BCUT2D eigenvalue weighted by Gasteiger charge is -2.16. The summed E-state index contributed by atoms with van der Waals surface area (Å²) in [5, 5.41) is 23.7. The Hall–Kier alpha value is -5.49. The lowest BCUT2D eigenvalue weighted by atomic mass is 10.1. The second kappa shape index (κ2) is 12.4. The minimum absolute atomic E-state index is 0.194. The Balaban J connectivity index is 1.36. The predicted molar refractivity (Wildman–Crippen MR) is 161 cm³/mol. The molecule has 0 radical (unpaired) electrons. The number of nitrogens with zero attached hydrogens (tertiary/aromatic N) is 5. The number of nitriles is 1. The molecule has 42 heavy (non-hydrogen) atoms. The number of ether oxygens (including phenoxy) is 1. The second-order valence-electron chi connectivity index (χ2n) is 10.2. The minimum atomic E-state index is -0.349. The number of nitrogens with one attached hydrogen (secondary N) is 2. The molecule has 0 aliphatic heterocycles. The summed E-state index contributed by atoms with van der Waals surface area (Å²) < 4.78 is 8.14. The van der Waals surface area contributed by atoms with Gasteiger partial charge in [-0.2, -0.15) is 5.26 Å². The van der Waals surface area contributed by atoms with Crippen molar-refractivity contribution < 1.29 is 9.53 Å². The van der Waals surface area contributed by atoms with Crippen molar-refractivity contribution in [2.24, 2.45) is 0 Å². The molecule has 0 spiro atoms. The summed E-state index contributed by atoms with van der Waals surface area (Å²) >= 11 is 0. The Morgan fingerprint density at radius 1 is 0.976 bits per heavy atom. The van der Waals surface area contributed by atoms with Crippen molar-refractivity contribution in [1.29, 1.82) is 5.26 Å². The number of pyridine rings is 1. The van der Waals surface area contributed by atoms with Gasteiger partial charge in [0.25, 0.3) is 5.91 Å². The van der Waals surface area contributed by atoms with Crippen LogP contribution in [0.15, 0.2) is 79.1 Å². The molecule has 0 saturated carbocycles. The molecule has 3 aromatic carbocycles. The molecule has 5 rings (SSSR count). The van der Waals surface area contributed by atoms with E-state index in [9.17, 15) is 4.79 Å². The van der Waals surface area contributed by atoms with E-state index >= 15 is 0 Å². The van der Waals surface area contributed by atoms with Crippen LogP contribution in [0.3, 0.4) is 0 Å². The highest BCUT2D eigenvalue weighted by Crippen LogP contribution is 2.33. The number of benzene rings is 3. The van der Waals surface area contributed by atoms with Gasteiger partial charge in [-0.25, -0.2) is 9.67 Å². The van der Waals surface area contributed by atoms with Crippen LogP contribution in [-0.2, 0) is 13.1 Å². The third-order valence-corrected chi connectivity index (χ3v) is 6.82. The highest BCUT2D eigenvalue weighted by atomic mass is 16.5. The Kier molecular flexibility index (Phi) is 8.25. The zero-order valence-electron chi connectivity index (χ0n) is 24.0. The van der Waals surface area contributed by atoms with E-state index in [1.165, 1.54) is 11.8 Å². The van der Waals surface area contributed by atoms with E-state index in [0.717, 1.165) is 27.9 Å². The summed E-state index contributed by atoms with van der Waals surface area (Å²) in [6.45, 7) is 8.84. The van der Waals surface area contributed by atoms with Gasteiger partial charge in [0.1, 0.15) is 28.6 Å². The molecule has 0 fully saturated rings. The van der Waals surface area contributed by atoms with Crippen LogP contribution in [0.1, 0.15) is 49.4 Å². The van der Waals surface area contributed by atoms with Crippen molar-refractivity contribution in [3.63, 3.8) is 0 Å². The summed E-state index contributed by atoms with van der Waals surface area (Å²) in [5.74, 6) is 1.19. The molecule has 210 valence electrons. The summed E-state index contributed by atoms with van der Waals surface area (Å²) in [6, 6.07) is 23.0. The quantitative estimate of drug-likeness (QED) is 0.219. The van der Waals surface area contributed by atoms with Crippen LogP contribution in [0.5, 0.6) is 11.5 Å². The predicted octanol–water partition coefficient (Wildman–Crippen LogP) is 6.29. The summed E-state index contributed by atoms with van der Waals surface area (Å²) in [6.07, 6.45) is 3.32. The molecule has 0 bridgehead atoms. The topological polar surface area (TPSA) is 118 Å².